The van der Waals surface area contributed by atoms with Gasteiger partial charge < -0.3 is 28.8 Å². The molecule has 17 nitrogen and oxygen atoms in total. The largest absolute Gasteiger partial charge is 0.480 e. The third-order valence-corrected chi connectivity index (χ3v) is 7.44. The summed E-state index contributed by atoms with van der Waals surface area (Å²) in [6, 6.07) is 16.4. The number of carbonyl (C=O) groups excluding carboxylic acids is 6. The Morgan fingerprint density at radius 2 is 1.25 bits per heavy atom. The normalized spacial score (nSPS) is 11.8. The number of amides is 3. The average molecular weight is 833 g/mol. The maximum atomic E-state index is 13.5. The fraction of sp³-hybridized carbons (Fsp3) is 0.395. The van der Waals surface area contributed by atoms with Crippen LogP contribution in [0.4, 0.5) is 20.1 Å². The van der Waals surface area contributed by atoms with E-state index >= 15 is 0 Å². The van der Waals surface area contributed by atoms with E-state index in [-0.39, 0.29) is 41.9 Å². The molecule has 0 bridgehead atoms. The summed E-state index contributed by atoms with van der Waals surface area (Å²) in [7, 11) is 0. The molecule has 3 rings (SSSR count). The number of carboxylic acid groups (broad SMARTS) is 1. The molecule has 0 unspecified atom stereocenters. The van der Waals surface area contributed by atoms with E-state index in [0.29, 0.717) is 16.7 Å². The molecular formula is C43H52N4O13. The second-order valence-corrected chi connectivity index (χ2v) is 16.4. The number of carbonyl (C=O) groups is 7. The molecule has 0 radical (unpaired) electrons. The van der Waals surface area contributed by atoms with Crippen molar-refractivity contribution in [1.82, 2.24) is 15.5 Å². The molecule has 0 aromatic heterocycles. The molecular weight excluding hydrogens is 780 g/mol. The Hall–Kier alpha value is -6.78. The lowest BCUT2D eigenvalue weighted by molar-refractivity contribution is -0.160. The second-order valence-electron chi connectivity index (χ2n) is 16.4. The van der Waals surface area contributed by atoms with E-state index in [2.05, 4.69) is 15.6 Å². The van der Waals surface area contributed by atoms with Crippen LogP contribution in [0, 0.1) is 0 Å². The first-order valence-electron chi connectivity index (χ1n) is 18.7. The van der Waals surface area contributed by atoms with Crippen molar-refractivity contribution in [3.8, 4) is 5.75 Å². The minimum Gasteiger partial charge on any atom is -0.480 e. The Morgan fingerprint density at radius 1 is 0.700 bits per heavy atom. The van der Waals surface area contributed by atoms with E-state index in [1.165, 1.54) is 61.5 Å². The Labute approximate surface area is 348 Å². The standard InChI is InChI=1S/C43H52N4O13/c1-26(48)30-13-11-12-28(22-30)24-47(33(35(50)51)23-34(49)58-41(2,3)4)40(55)56-25-27-14-20-32(21-15-27)57-36(52)29-16-18-31(19-17-29)44-37(45-38(53)59-42(5,6)7)46-39(54)60-43(8,9)10/h11-22,33H,23-25H2,1-10H3,(H,50,51)(H2,44,45,46,53,54)/t33-/m0/s1. The van der Waals surface area contributed by atoms with Crippen LogP contribution in [0.25, 0.3) is 0 Å². The van der Waals surface area contributed by atoms with Crippen molar-refractivity contribution < 1.29 is 62.4 Å². The van der Waals surface area contributed by atoms with Gasteiger partial charge in [-0.15, -0.1) is 0 Å². The molecule has 3 N–H and O–H groups in total. The molecule has 3 aromatic carbocycles. The number of carboxylic acids is 1. The Bertz CT molecular complexity index is 2040. The van der Waals surface area contributed by atoms with E-state index in [0.717, 1.165) is 4.90 Å². The van der Waals surface area contributed by atoms with Gasteiger partial charge in [0.25, 0.3) is 0 Å². The van der Waals surface area contributed by atoms with E-state index in [4.69, 9.17) is 23.7 Å². The molecule has 17 heteroatoms. The number of nitrogens with zero attached hydrogens (tertiary/aromatic N) is 2. The number of rotatable bonds is 12. The highest BCUT2D eigenvalue weighted by Gasteiger charge is 2.35. The number of aliphatic imine (C=N–C) groups is 1. The minimum absolute atomic E-state index is 0.141. The van der Waals surface area contributed by atoms with Gasteiger partial charge in [-0.25, -0.2) is 29.0 Å². The van der Waals surface area contributed by atoms with Crippen LogP contribution < -0.4 is 15.4 Å². The number of benzene rings is 3. The van der Waals surface area contributed by atoms with Gasteiger partial charge in [0.05, 0.1) is 17.7 Å². The van der Waals surface area contributed by atoms with Crippen LogP contribution in [0.2, 0.25) is 0 Å². The Morgan fingerprint density at radius 3 is 1.75 bits per heavy atom. The first kappa shape index (κ1) is 47.6. The van der Waals surface area contributed by atoms with Gasteiger partial charge in [-0.1, -0.05) is 30.3 Å². The highest BCUT2D eigenvalue weighted by Crippen LogP contribution is 2.21. The first-order valence-corrected chi connectivity index (χ1v) is 18.7. The summed E-state index contributed by atoms with van der Waals surface area (Å²) in [5.74, 6) is -3.40. The topological polar surface area (TPSA) is 226 Å². The summed E-state index contributed by atoms with van der Waals surface area (Å²) in [6.07, 6.45) is -3.46. The van der Waals surface area contributed by atoms with E-state index < -0.39 is 65.5 Å². The lowest BCUT2D eigenvalue weighted by Crippen LogP contribution is -2.47. The third-order valence-electron chi connectivity index (χ3n) is 7.44. The molecule has 0 aliphatic heterocycles. The molecule has 0 saturated heterocycles. The number of aliphatic carboxylic acids is 1. The number of ether oxygens (including phenoxy) is 5. The molecule has 3 amide bonds. The highest BCUT2D eigenvalue weighted by molar-refractivity contribution is 6.02. The van der Waals surface area contributed by atoms with Crippen molar-refractivity contribution in [3.63, 3.8) is 0 Å². The Balaban J connectivity index is 1.72. The van der Waals surface area contributed by atoms with Gasteiger partial charge >= 0.3 is 36.2 Å². The zero-order valence-corrected chi connectivity index (χ0v) is 35.4. The van der Waals surface area contributed by atoms with Gasteiger partial charge in [0.15, 0.2) is 5.78 Å². The van der Waals surface area contributed by atoms with Crippen LogP contribution in [0.15, 0.2) is 77.8 Å². The van der Waals surface area contributed by atoms with Gasteiger partial charge in [0.2, 0.25) is 5.96 Å². The maximum absolute atomic E-state index is 13.5. The fourth-order valence-electron chi connectivity index (χ4n) is 5.00. The molecule has 322 valence electrons. The molecule has 1 atom stereocenters. The number of alkyl carbamates (subject to hydrolysis) is 2. The lowest BCUT2D eigenvalue weighted by Gasteiger charge is -2.29. The zero-order chi connectivity index (χ0) is 45.0. The van der Waals surface area contributed by atoms with Gasteiger partial charge in [-0.3, -0.25) is 25.1 Å². The number of hydrogen-bond donors (Lipinski definition) is 3. The molecule has 0 aliphatic rings. The van der Waals surface area contributed by atoms with E-state index in [9.17, 15) is 38.7 Å². The average Bonchev–Trinajstić information content (AvgIpc) is 3.10. The number of hydrogen-bond acceptors (Lipinski definition) is 13. The monoisotopic (exact) mass is 832 g/mol. The van der Waals surface area contributed by atoms with Crippen LogP contribution >= 0.6 is 0 Å². The zero-order valence-electron chi connectivity index (χ0n) is 35.4. The molecule has 60 heavy (non-hydrogen) atoms. The van der Waals surface area contributed by atoms with Crippen LogP contribution in [0.5, 0.6) is 5.75 Å². The van der Waals surface area contributed by atoms with E-state index in [1.54, 1.807) is 80.5 Å². The number of Topliss-reactive ketones (excluding diaryl/α,β-unsaturated/α-hetero) is 1. The summed E-state index contributed by atoms with van der Waals surface area (Å²) in [5, 5.41) is 14.9. The summed E-state index contributed by atoms with van der Waals surface area (Å²) in [5.41, 5.74) is -0.942. The minimum atomic E-state index is -1.67. The summed E-state index contributed by atoms with van der Waals surface area (Å²) in [4.78, 5) is 93.5. The second kappa shape index (κ2) is 20.3. The van der Waals surface area contributed by atoms with Crippen LogP contribution in [0.1, 0.15) is 108 Å². The van der Waals surface area contributed by atoms with Crippen molar-refractivity contribution in [1.29, 1.82) is 0 Å². The number of ketones is 1. The molecule has 0 heterocycles. The van der Waals surface area contributed by atoms with Gasteiger partial charge in [-0.2, -0.15) is 0 Å². The maximum Gasteiger partial charge on any atom is 0.414 e. The lowest BCUT2D eigenvalue weighted by atomic mass is 10.1. The van der Waals surface area contributed by atoms with Crippen LogP contribution in [-0.2, 0) is 41.7 Å². The predicted octanol–water partition coefficient (Wildman–Crippen LogP) is 7.47. The summed E-state index contributed by atoms with van der Waals surface area (Å²) >= 11 is 0. The fourth-order valence-corrected chi connectivity index (χ4v) is 5.00. The molecule has 0 aliphatic carbocycles. The van der Waals surface area contributed by atoms with Crippen LogP contribution in [0.3, 0.4) is 0 Å². The first-order chi connectivity index (χ1) is 27.8. The van der Waals surface area contributed by atoms with Gasteiger partial charge in [0.1, 0.15) is 35.2 Å². The van der Waals surface area contributed by atoms with Gasteiger partial charge in [0, 0.05) is 12.1 Å². The molecule has 3 aromatic rings. The SMILES string of the molecule is CC(=O)c1cccc(CN(C(=O)OCc2ccc(OC(=O)c3ccc(N=C(NC(=O)OC(C)(C)C)NC(=O)OC(C)(C)C)cc3)cc2)[C@@H](CC(=O)OC(C)(C)C)C(=O)O)c1. The number of esters is 2. The number of nitrogens with one attached hydrogen (secondary N) is 2. The summed E-state index contributed by atoms with van der Waals surface area (Å²) < 4.78 is 26.8. The number of guanidine groups is 1. The molecule has 0 saturated carbocycles. The smallest absolute Gasteiger partial charge is 0.414 e. The quantitative estimate of drug-likeness (QED) is 0.0403. The van der Waals surface area contributed by atoms with Crippen LogP contribution in [-0.4, -0.2) is 80.8 Å². The molecule has 0 fully saturated rings. The highest BCUT2D eigenvalue weighted by atomic mass is 16.6. The van der Waals surface area contributed by atoms with Crippen molar-refractivity contribution in [2.24, 2.45) is 4.99 Å². The predicted molar refractivity (Wildman–Crippen MR) is 218 cm³/mol. The van der Waals surface area contributed by atoms with Gasteiger partial charge in [-0.05, 0) is 123 Å². The molecule has 0 spiro atoms. The van der Waals surface area contributed by atoms with Crippen molar-refractivity contribution in [2.75, 3.05) is 0 Å². The van der Waals surface area contributed by atoms with E-state index in [1.807, 2.05) is 0 Å². The third kappa shape index (κ3) is 17.0. The van der Waals surface area contributed by atoms with Crippen molar-refractivity contribution in [3.05, 3.63) is 95.1 Å². The Kier molecular flexibility index (Phi) is 16.1. The van der Waals surface area contributed by atoms with Crippen molar-refractivity contribution >= 4 is 53.6 Å². The van der Waals surface area contributed by atoms with Crippen molar-refractivity contribution in [2.45, 2.75) is 112 Å². The summed E-state index contributed by atoms with van der Waals surface area (Å²) in [6.45, 7) is 15.7.